The van der Waals surface area contributed by atoms with Gasteiger partial charge in [-0.15, -0.1) is 0 Å². The first-order valence-electron chi connectivity index (χ1n) is 5.20. The second kappa shape index (κ2) is 4.60. The van der Waals surface area contributed by atoms with Crippen LogP contribution in [0.25, 0.3) is 0 Å². The maximum absolute atomic E-state index is 10.9. The standard InChI is InChI=1S/C11H19NO2/c1-4-10(11(13)14)9-5-6-12(3)8(2)7-9/h8H,4-7H2,1-3H3,(H,13,14)/b10-9+. The number of hydrogen-bond donors (Lipinski definition) is 1. The number of hydrogen-bond acceptors (Lipinski definition) is 2. The third kappa shape index (κ3) is 2.35. The molecule has 0 aromatic rings. The highest BCUT2D eigenvalue weighted by atomic mass is 16.4. The number of carboxylic acids is 1. The van der Waals surface area contributed by atoms with E-state index in [4.69, 9.17) is 5.11 Å². The topological polar surface area (TPSA) is 40.5 Å². The van der Waals surface area contributed by atoms with Gasteiger partial charge in [0.2, 0.25) is 0 Å². The molecule has 14 heavy (non-hydrogen) atoms. The lowest BCUT2D eigenvalue weighted by atomic mass is 9.92. The third-order valence-electron chi connectivity index (χ3n) is 3.10. The molecule has 0 bridgehead atoms. The summed E-state index contributed by atoms with van der Waals surface area (Å²) in [6.07, 6.45) is 2.46. The van der Waals surface area contributed by atoms with Gasteiger partial charge in [-0.25, -0.2) is 4.79 Å². The average Bonchev–Trinajstić information content (AvgIpc) is 2.11. The maximum atomic E-state index is 10.9. The summed E-state index contributed by atoms with van der Waals surface area (Å²) in [5, 5.41) is 9.01. The predicted molar refractivity (Wildman–Crippen MR) is 56.3 cm³/mol. The number of aliphatic carboxylic acids is 1. The number of carbonyl (C=O) groups is 1. The van der Waals surface area contributed by atoms with E-state index in [0.717, 1.165) is 25.0 Å². The van der Waals surface area contributed by atoms with Gasteiger partial charge in [0.05, 0.1) is 0 Å². The molecule has 0 aliphatic carbocycles. The van der Waals surface area contributed by atoms with Crippen LogP contribution >= 0.6 is 0 Å². The van der Waals surface area contributed by atoms with Crippen molar-refractivity contribution in [3.05, 3.63) is 11.1 Å². The van der Waals surface area contributed by atoms with Crippen molar-refractivity contribution in [3.63, 3.8) is 0 Å². The summed E-state index contributed by atoms with van der Waals surface area (Å²) in [5.41, 5.74) is 1.77. The highest BCUT2D eigenvalue weighted by Crippen LogP contribution is 2.25. The van der Waals surface area contributed by atoms with E-state index < -0.39 is 5.97 Å². The Balaban J connectivity index is 2.82. The Morgan fingerprint density at radius 3 is 2.71 bits per heavy atom. The molecule has 0 radical (unpaired) electrons. The lowest BCUT2D eigenvalue weighted by Crippen LogP contribution is -2.35. The summed E-state index contributed by atoms with van der Waals surface area (Å²) in [7, 11) is 2.09. The van der Waals surface area contributed by atoms with Gasteiger partial charge >= 0.3 is 5.97 Å². The molecule has 1 aliphatic heterocycles. The van der Waals surface area contributed by atoms with Gasteiger partial charge in [-0.05, 0) is 33.2 Å². The molecule has 3 nitrogen and oxygen atoms in total. The van der Waals surface area contributed by atoms with E-state index in [9.17, 15) is 4.79 Å². The Kier molecular flexibility index (Phi) is 3.69. The zero-order chi connectivity index (χ0) is 10.7. The number of carboxylic acid groups (broad SMARTS) is 1. The number of rotatable bonds is 2. The van der Waals surface area contributed by atoms with Gasteiger partial charge in [0, 0.05) is 18.2 Å². The monoisotopic (exact) mass is 197 g/mol. The molecular weight excluding hydrogens is 178 g/mol. The molecule has 0 amide bonds. The summed E-state index contributed by atoms with van der Waals surface area (Å²) < 4.78 is 0. The van der Waals surface area contributed by atoms with Crippen LogP contribution in [0, 0.1) is 0 Å². The van der Waals surface area contributed by atoms with Crippen LogP contribution in [0.5, 0.6) is 0 Å². The van der Waals surface area contributed by atoms with E-state index in [1.54, 1.807) is 0 Å². The van der Waals surface area contributed by atoms with Gasteiger partial charge in [0.1, 0.15) is 0 Å². The lowest BCUT2D eigenvalue weighted by molar-refractivity contribution is -0.132. The molecule has 1 N–H and O–H groups in total. The minimum Gasteiger partial charge on any atom is -0.478 e. The fourth-order valence-corrected chi connectivity index (χ4v) is 1.97. The summed E-state index contributed by atoms with van der Waals surface area (Å²) >= 11 is 0. The van der Waals surface area contributed by atoms with Crippen molar-refractivity contribution in [1.29, 1.82) is 0 Å². The molecule has 0 aromatic heterocycles. The zero-order valence-electron chi connectivity index (χ0n) is 9.21. The normalized spacial score (nSPS) is 27.5. The van der Waals surface area contributed by atoms with Crippen LogP contribution in [0.15, 0.2) is 11.1 Å². The van der Waals surface area contributed by atoms with Crippen LogP contribution in [0.4, 0.5) is 0 Å². The van der Waals surface area contributed by atoms with Crippen molar-refractivity contribution in [2.75, 3.05) is 13.6 Å². The maximum Gasteiger partial charge on any atom is 0.331 e. The quantitative estimate of drug-likeness (QED) is 0.687. The summed E-state index contributed by atoms with van der Waals surface area (Å²) in [5.74, 6) is -0.737. The van der Waals surface area contributed by atoms with E-state index in [1.807, 2.05) is 6.92 Å². The Hall–Kier alpha value is -0.830. The van der Waals surface area contributed by atoms with E-state index >= 15 is 0 Å². The second-order valence-electron chi connectivity index (χ2n) is 4.02. The third-order valence-corrected chi connectivity index (χ3v) is 3.10. The predicted octanol–water partition coefficient (Wildman–Crippen LogP) is 1.89. The smallest absolute Gasteiger partial charge is 0.331 e. The lowest BCUT2D eigenvalue weighted by Gasteiger charge is -2.32. The van der Waals surface area contributed by atoms with Crippen molar-refractivity contribution >= 4 is 5.97 Å². The summed E-state index contributed by atoms with van der Waals surface area (Å²) in [6.45, 7) is 5.04. The van der Waals surface area contributed by atoms with Crippen molar-refractivity contribution in [2.24, 2.45) is 0 Å². The van der Waals surface area contributed by atoms with Gasteiger partial charge in [-0.2, -0.15) is 0 Å². The molecule has 3 heteroatoms. The molecule has 1 atom stereocenters. The zero-order valence-corrected chi connectivity index (χ0v) is 9.21. The van der Waals surface area contributed by atoms with Crippen molar-refractivity contribution < 1.29 is 9.90 Å². The molecule has 1 aliphatic rings. The fraction of sp³-hybridized carbons (Fsp3) is 0.727. The molecule has 0 spiro atoms. The van der Waals surface area contributed by atoms with Crippen LogP contribution < -0.4 is 0 Å². The molecule has 1 fully saturated rings. The van der Waals surface area contributed by atoms with Crippen LogP contribution in [0.1, 0.15) is 33.1 Å². The van der Waals surface area contributed by atoms with Crippen molar-refractivity contribution in [2.45, 2.75) is 39.2 Å². The van der Waals surface area contributed by atoms with Crippen molar-refractivity contribution in [1.82, 2.24) is 4.90 Å². The Morgan fingerprint density at radius 2 is 2.29 bits per heavy atom. The molecule has 1 saturated heterocycles. The molecule has 0 saturated carbocycles. The first-order valence-corrected chi connectivity index (χ1v) is 5.20. The van der Waals surface area contributed by atoms with E-state index in [0.29, 0.717) is 18.0 Å². The summed E-state index contributed by atoms with van der Waals surface area (Å²) in [4.78, 5) is 13.2. The molecule has 0 aromatic carbocycles. The van der Waals surface area contributed by atoms with Crippen LogP contribution in [-0.2, 0) is 4.79 Å². The Labute approximate surface area is 85.4 Å². The SMILES string of the molecule is CC/C(C(=O)O)=C1/CCN(C)C(C)C1. The van der Waals surface area contributed by atoms with E-state index in [-0.39, 0.29) is 0 Å². The van der Waals surface area contributed by atoms with Crippen LogP contribution in [0.2, 0.25) is 0 Å². The molecule has 1 unspecified atom stereocenters. The van der Waals surface area contributed by atoms with Crippen LogP contribution in [0.3, 0.4) is 0 Å². The highest BCUT2D eigenvalue weighted by molar-refractivity contribution is 5.87. The largest absolute Gasteiger partial charge is 0.478 e. The first kappa shape index (κ1) is 11.2. The average molecular weight is 197 g/mol. The Bertz CT molecular complexity index is 258. The van der Waals surface area contributed by atoms with Gasteiger partial charge in [-0.1, -0.05) is 12.5 Å². The second-order valence-corrected chi connectivity index (χ2v) is 4.02. The minimum absolute atomic E-state index is 0.472. The molecule has 1 rings (SSSR count). The van der Waals surface area contributed by atoms with E-state index in [1.165, 1.54) is 0 Å². The number of piperidine rings is 1. The molecule has 80 valence electrons. The Morgan fingerprint density at radius 1 is 1.64 bits per heavy atom. The minimum atomic E-state index is -0.737. The van der Waals surface area contributed by atoms with Gasteiger partial charge in [-0.3, -0.25) is 0 Å². The molecular formula is C11H19NO2. The van der Waals surface area contributed by atoms with E-state index in [2.05, 4.69) is 18.9 Å². The summed E-state index contributed by atoms with van der Waals surface area (Å²) in [6, 6.07) is 0.472. The first-order chi connectivity index (χ1) is 6.56. The number of nitrogens with zero attached hydrogens (tertiary/aromatic N) is 1. The van der Waals surface area contributed by atoms with Gasteiger partial charge in [0.15, 0.2) is 0 Å². The number of likely N-dealkylation sites (tertiary alicyclic amines) is 1. The van der Waals surface area contributed by atoms with Crippen LogP contribution in [-0.4, -0.2) is 35.6 Å². The van der Waals surface area contributed by atoms with Gasteiger partial charge < -0.3 is 10.0 Å². The van der Waals surface area contributed by atoms with Crippen molar-refractivity contribution in [3.8, 4) is 0 Å². The molecule has 1 heterocycles. The highest BCUT2D eigenvalue weighted by Gasteiger charge is 2.22. The van der Waals surface area contributed by atoms with Gasteiger partial charge in [0.25, 0.3) is 0 Å². The fourth-order valence-electron chi connectivity index (χ4n) is 1.97.